The number of benzene rings is 4. The zero-order valence-electron chi connectivity index (χ0n) is 90.1. The van der Waals surface area contributed by atoms with Gasteiger partial charge in [-0.2, -0.15) is 0 Å². The second-order valence-electron chi connectivity index (χ2n) is 48.9. The number of unbranched alkanes of at least 4 members (excludes halogenated alkanes) is 24. The Morgan fingerprint density at radius 2 is 0.252 bits per heavy atom. The molecular weight excluding hydrogens is 1510 g/mol. The fourth-order valence-electron chi connectivity index (χ4n) is 21.9. The summed E-state index contributed by atoms with van der Waals surface area (Å²) in [6, 6.07) is 23.8. The third-order valence-electron chi connectivity index (χ3n) is 31.9. The van der Waals surface area contributed by atoms with Gasteiger partial charge in [0.05, 0.1) is 0 Å². The molecule has 708 valence electrons. The molecule has 4 aromatic carbocycles. The summed E-state index contributed by atoms with van der Waals surface area (Å²) in [5.41, 5.74) is 18.0. The topological polar surface area (TPSA) is 9.23 Å². The first-order valence-corrected chi connectivity index (χ1v) is 57.2. The minimum atomic E-state index is -3.25. The lowest BCUT2D eigenvalue weighted by molar-refractivity contribution is 0.423. The Balaban J connectivity index is 3.16. The molecular formula is C120H214OSi2. The maximum atomic E-state index is 10.8. The normalized spacial score (nSPS) is 13.6. The van der Waals surface area contributed by atoms with E-state index in [0.717, 1.165) is 51.4 Å². The highest BCUT2D eigenvalue weighted by Gasteiger charge is 2.50. The number of rotatable bonds is 66. The van der Waals surface area contributed by atoms with Gasteiger partial charge in [-0.3, -0.25) is 0 Å². The van der Waals surface area contributed by atoms with Crippen LogP contribution in [0.2, 0.25) is 0 Å². The summed E-state index contributed by atoms with van der Waals surface area (Å²) in [7, 11) is -6.50. The molecule has 4 aromatic rings. The molecule has 1 nitrogen and oxygen atoms in total. The van der Waals surface area contributed by atoms with E-state index in [9.17, 15) is 4.12 Å². The first-order chi connectivity index (χ1) is 57.5. The van der Waals surface area contributed by atoms with Crippen molar-refractivity contribution in [1.29, 1.82) is 0 Å². The summed E-state index contributed by atoms with van der Waals surface area (Å²) in [5, 5.41) is 6.82. The predicted octanol–water partition coefficient (Wildman–Crippen LogP) is 36.4. The minimum absolute atomic E-state index is 0.0412. The standard InChI is InChI=1S/C120H214OSi2/c1-37-49-61-73-109(13,14)93-85-97(113(21,22)77-65-53-41-5)105(98(86-93)114(23,24)78-66-54-42-6)122(106-99(115(25,26)79-67-55-43-7)87-94(110(15,16)74-62-50-38-2)88-100(106)116(27,28)80-68-56-44-8)121-123(107-101(117(29,30)81-69-57-45-9)89-95(111(17,18)75-63-51-39-3)90-102(107)118(31,32)82-70-58-46-10)108-103(119(33,34)83-71-59-47-11)91-96(112(19,20)76-64-52-40-4)92-104(108)120(35,36)84-72-60-48-12/h85-92,122-123H,37-84H2,1-36H3. The second-order valence-corrected chi connectivity index (χ2v) is 53.8. The van der Waals surface area contributed by atoms with Crippen molar-refractivity contribution in [3.8, 4) is 0 Å². The average molecular weight is 1730 g/mol. The molecule has 3 heteroatoms. The molecule has 0 saturated heterocycles. The van der Waals surface area contributed by atoms with Gasteiger partial charge in [-0.1, -0.05) is 529 Å². The molecule has 123 heavy (non-hydrogen) atoms. The van der Waals surface area contributed by atoms with E-state index in [1.807, 2.05) is 0 Å². The smallest absolute Gasteiger partial charge is 0.229 e. The maximum Gasteiger partial charge on any atom is 0.229 e. The molecule has 0 aliphatic carbocycles. The summed E-state index contributed by atoms with van der Waals surface area (Å²) in [6.07, 6.45) is 58.7. The molecule has 0 aromatic heterocycles. The van der Waals surface area contributed by atoms with Gasteiger partial charge >= 0.3 is 0 Å². The van der Waals surface area contributed by atoms with E-state index in [1.165, 1.54) is 257 Å². The van der Waals surface area contributed by atoms with Crippen molar-refractivity contribution in [2.75, 3.05) is 0 Å². The minimum Gasteiger partial charge on any atom is -0.446 e. The zero-order valence-corrected chi connectivity index (χ0v) is 92.4. The molecule has 0 unspecified atom stereocenters. The van der Waals surface area contributed by atoms with Crippen molar-refractivity contribution in [2.45, 2.75) is 622 Å². The van der Waals surface area contributed by atoms with Crippen LogP contribution in [0.4, 0.5) is 0 Å². The highest BCUT2D eigenvalue weighted by molar-refractivity contribution is 6.93. The van der Waals surface area contributed by atoms with Crippen LogP contribution in [0.1, 0.15) is 624 Å². The van der Waals surface area contributed by atoms with Crippen LogP contribution in [0.5, 0.6) is 0 Å². The van der Waals surface area contributed by atoms with E-state index in [0.29, 0.717) is 0 Å². The zero-order chi connectivity index (χ0) is 92.7. The summed E-state index contributed by atoms with van der Waals surface area (Å²) in [6.45, 7) is 95.2. The summed E-state index contributed by atoms with van der Waals surface area (Å²) < 4.78 is 10.8. The Kier molecular flexibility index (Phi) is 47.0. The molecule has 0 atom stereocenters. The molecule has 0 radical (unpaired) electrons. The van der Waals surface area contributed by atoms with Crippen LogP contribution in [0.15, 0.2) is 48.5 Å². The van der Waals surface area contributed by atoms with Crippen LogP contribution in [-0.2, 0) is 69.1 Å². The van der Waals surface area contributed by atoms with Crippen molar-refractivity contribution < 1.29 is 4.12 Å². The fourth-order valence-corrected chi connectivity index (χ4v) is 31.8. The number of hydrogen-bond acceptors (Lipinski definition) is 1. The van der Waals surface area contributed by atoms with Crippen LogP contribution >= 0.6 is 0 Å². The van der Waals surface area contributed by atoms with E-state index in [-0.39, 0.29) is 65.0 Å². The quantitative estimate of drug-likeness (QED) is 0.0316. The molecule has 4 rings (SSSR count). The fraction of sp³-hybridized carbons (Fsp3) is 0.800. The lowest BCUT2D eigenvalue weighted by Gasteiger charge is -2.46. The maximum absolute atomic E-state index is 10.8. The van der Waals surface area contributed by atoms with Gasteiger partial charge in [0.15, 0.2) is 0 Å². The molecule has 0 saturated carbocycles. The van der Waals surface area contributed by atoms with Crippen LogP contribution in [0.3, 0.4) is 0 Å². The number of hydrogen-bond donors (Lipinski definition) is 0. The molecule has 0 spiro atoms. The largest absolute Gasteiger partial charge is 0.446 e. The molecule has 0 aliphatic heterocycles. The lowest BCUT2D eigenvalue weighted by Crippen LogP contribution is -2.64. The van der Waals surface area contributed by atoms with Crippen molar-refractivity contribution in [3.63, 3.8) is 0 Å². The van der Waals surface area contributed by atoms with E-state index in [1.54, 1.807) is 87.5 Å². The predicted molar refractivity (Wildman–Crippen MR) is 566 cm³/mol. The van der Waals surface area contributed by atoms with Crippen LogP contribution in [0.25, 0.3) is 0 Å². The summed E-state index contributed by atoms with van der Waals surface area (Å²) in [5.74, 6) is 0. The van der Waals surface area contributed by atoms with Crippen molar-refractivity contribution in [1.82, 2.24) is 0 Å². The van der Waals surface area contributed by atoms with Gasteiger partial charge in [0.25, 0.3) is 0 Å². The molecule has 0 N–H and O–H groups in total. The monoisotopic (exact) mass is 1730 g/mol. The van der Waals surface area contributed by atoms with Crippen molar-refractivity contribution >= 4 is 38.8 Å². The third-order valence-corrected chi connectivity index (χ3v) is 38.6. The lowest BCUT2D eigenvalue weighted by atomic mass is 9.70. The Bertz CT molecular complexity index is 3010. The Hall–Kier alpha value is -2.73. The summed E-state index contributed by atoms with van der Waals surface area (Å²) >= 11 is 0. The van der Waals surface area contributed by atoms with Crippen LogP contribution in [-0.4, -0.2) is 18.1 Å². The van der Waals surface area contributed by atoms with Gasteiger partial charge in [0.2, 0.25) is 18.1 Å². The molecule has 0 bridgehead atoms. The van der Waals surface area contributed by atoms with Gasteiger partial charge < -0.3 is 4.12 Å². The molecule has 0 fully saturated rings. The third kappa shape index (κ3) is 32.3. The van der Waals surface area contributed by atoms with Gasteiger partial charge in [-0.15, -0.1) is 0 Å². The average Bonchev–Trinajstić information content (AvgIpc) is 0.709. The SMILES string of the molecule is CCCCCC(C)(C)c1cc(C(C)(C)CCCCC)c([SiH](O[SiH](c2c(C(C)(C)CCCCC)cc(C(C)(C)CCCCC)cc2C(C)(C)CCCCC)c2c(C(C)(C)CCCCC)cc(C(C)(C)CCCCC)cc2C(C)(C)CCCCC)c2c(C(C)(C)CCCCC)cc(C(C)(C)CCCCC)cc2C(C)(C)CCCCC)c(C(C)(C)CCCCC)c1. The van der Waals surface area contributed by atoms with Gasteiger partial charge in [0.1, 0.15) is 0 Å². The van der Waals surface area contributed by atoms with Gasteiger partial charge in [-0.05, 0) is 230 Å². The second kappa shape index (κ2) is 51.3. The Morgan fingerprint density at radius 3 is 0.350 bits per heavy atom. The molecule has 0 amide bonds. The van der Waals surface area contributed by atoms with Crippen LogP contribution in [0, 0.1) is 0 Å². The first kappa shape index (κ1) is 113. The molecule has 0 aliphatic rings. The van der Waals surface area contributed by atoms with E-state index in [2.05, 4.69) is 298 Å². The highest BCUT2D eigenvalue weighted by atomic mass is 28.4. The Morgan fingerprint density at radius 1 is 0.154 bits per heavy atom. The van der Waals surface area contributed by atoms with E-state index in [4.69, 9.17) is 0 Å². The highest BCUT2D eigenvalue weighted by Crippen LogP contribution is 2.48. The van der Waals surface area contributed by atoms with Crippen molar-refractivity contribution in [3.05, 3.63) is 115 Å². The molecule has 0 heterocycles. The van der Waals surface area contributed by atoms with Gasteiger partial charge in [0, 0.05) is 0 Å². The Labute approximate surface area is 775 Å². The van der Waals surface area contributed by atoms with E-state index >= 15 is 0 Å². The summed E-state index contributed by atoms with van der Waals surface area (Å²) in [4.78, 5) is 0. The van der Waals surface area contributed by atoms with Crippen LogP contribution < -0.4 is 20.7 Å². The van der Waals surface area contributed by atoms with Crippen molar-refractivity contribution in [2.24, 2.45) is 0 Å². The first-order valence-electron chi connectivity index (χ1n) is 54.0. The van der Waals surface area contributed by atoms with Gasteiger partial charge in [-0.25, -0.2) is 0 Å². The van der Waals surface area contributed by atoms with E-state index < -0.39 is 18.1 Å².